The van der Waals surface area contributed by atoms with Gasteiger partial charge < -0.3 is 25.8 Å². The first-order valence-corrected chi connectivity index (χ1v) is 13.8. The highest BCUT2D eigenvalue weighted by molar-refractivity contribution is 5.91. The van der Waals surface area contributed by atoms with Crippen molar-refractivity contribution < 1.29 is 27.6 Å². The Morgan fingerprint density at radius 1 is 1.07 bits per heavy atom. The molecule has 0 aliphatic carbocycles. The van der Waals surface area contributed by atoms with E-state index in [1.807, 2.05) is 11.8 Å². The Kier molecular flexibility index (Phi) is 12.1. The lowest BCUT2D eigenvalue weighted by Crippen LogP contribution is -2.47. The Morgan fingerprint density at radius 3 is 2.50 bits per heavy atom. The monoisotopic (exact) mass is 586 g/mol. The summed E-state index contributed by atoms with van der Waals surface area (Å²) in [7, 11) is 1.65. The molecule has 12 heteroatoms. The minimum absolute atomic E-state index is 0.0943. The van der Waals surface area contributed by atoms with Gasteiger partial charge in [0.25, 0.3) is 0 Å². The fourth-order valence-corrected chi connectivity index (χ4v) is 4.54. The van der Waals surface area contributed by atoms with Crippen LogP contribution in [0.2, 0.25) is 0 Å². The van der Waals surface area contributed by atoms with Crippen LogP contribution >= 0.6 is 0 Å². The fourth-order valence-electron chi connectivity index (χ4n) is 4.54. The number of urea groups is 1. The largest absolute Gasteiger partial charge is 0.340 e. The number of rotatable bonds is 8. The zero-order valence-electron chi connectivity index (χ0n) is 24.1. The maximum absolute atomic E-state index is 13.7. The van der Waals surface area contributed by atoms with E-state index in [0.29, 0.717) is 43.6 Å². The number of nitrogens with zero attached hydrogens (tertiary/aromatic N) is 3. The molecule has 3 N–H and O–H groups in total. The molecule has 1 aromatic heterocycles. The van der Waals surface area contributed by atoms with Crippen molar-refractivity contribution in [3.63, 3.8) is 0 Å². The summed E-state index contributed by atoms with van der Waals surface area (Å²) < 4.78 is 39.8. The molecule has 0 spiro atoms. The Bertz CT molecular complexity index is 1380. The summed E-state index contributed by atoms with van der Waals surface area (Å²) in [6.45, 7) is 6.30. The molecule has 4 rings (SSSR count). The lowest BCUT2D eigenvalue weighted by molar-refractivity contribution is -0.132. The van der Waals surface area contributed by atoms with Gasteiger partial charge in [0.05, 0.1) is 0 Å². The predicted molar refractivity (Wildman–Crippen MR) is 155 cm³/mol. The highest BCUT2D eigenvalue weighted by atomic mass is 19.2. The van der Waals surface area contributed by atoms with E-state index in [-0.39, 0.29) is 41.8 Å². The third-order valence-corrected chi connectivity index (χ3v) is 6.95. The van der Waals surface area contributed by atoms with Crippen LogP contribution in [0.1, 0.15) is 38.7 Å². The van der Waals surface area contributed by atoms with Crippen LogP contribution in [0.15, 0.2) is 48.7 Å². The van der Waals surface area contributed by atoms with Crippen LogP contribution in [0.25, 0.3) is 10.8 Å². The molecule has 2 heterocycles. The summed E-state index contributed by atoms with van der Waals surface area (Å²) >= 11 is 0. The van der Waals surface area contributed by atoms with Crippen molar-refractivity contribution in [2.75, 3.05) is 38.5 Å². The van der Waals surface area contributed by atoms with Gasteiger partial charge in [0.2, 0.25) is 11.8 Å². The van der Waals surface area contributed by atoms with E-state index in [2.05, 4.69) is 20.9 Å². The molecule has 0 bridgehead atoms. The minimum Gasteiger partial charge on any atom is -0.340 e. The maximum atomic E-state index is 13.7. The molecule has 226 valence electrons. The van der Waals surface area contributed by atoms with Crippen molar-refractivity contribution in [1.82, 2.24) is 25.4 Å². The van der Waals surface area contributed by atoms with Crippen LogP contribution in [0.3, 0.4) is 0 Å². The van der Waals surface area contributed by atoms with Gasteiger partial charge in [0, 0.05) is 76.3 Å². The number of carbonyl (C=O) groups excluding carboxylic acids is 3. The van der Waals surface area contributed by atoms with Gasteiger partial charge in [0.15, 0.2) is 11.6 Å². The lowest BCUT2D eigenvalue weighted by Gasteiger charge is -2.30. The van der Waals surface area contributed by atoms with Gasteiger partial charge in [0.1, 0.15) is 11.6 Å². The van der Waals surface area contributed by atoms with Crippen LogP contribution in [0.5, 0.6) is 0 Å². The van der Waals surface area contributed by atoms with Crippen molar-refractivity contribution in [2.24, 2.45) is 0 Å². The Morgan fingerprint density at radius 2 is 1.81 bits per heavy atom. The first-order chi connectivity index (χ1) is 20.1. The van der Waals surface area contributed by atoms with Crippen molar-refractivity contribution in [3.05, 3.63) is 71.7 Å². The molecule has 4 amide bonds. The van der Waals surface area contributed by atoms with Crippen LogP contribution in [0.4, 0.5) is 23.8 Å². The van der Waals surface area contributed by atoms with E-state index in [1.165, 1.54) is 36.1 Å². The number of piperazine rings is 1. The molecule has 42 heavy (non-hydrogen) atoms. The first-order valence-electron chi connectivity index (χ1n) is 13.8. The first kappa shape index (κ1) is 32.3. The summed E-state index contributed by atoms with van der Waals surface area (Å²) in [4.78, 5) is 42.8. The third kappa shape index (κ3) is 9.44. The Balaban J connectivity index is 0.000000271. The van der Waals surface area contributed by atoms with Gasteiger partial charge in [-0.05, 0) is 48.6 Å². The minimum atomic E-state index is -0.950. The van der Waals surface area contributed by atoms with Gasteiger partial charge in [-0.15, -0.1) is 0 Å². The SMILES string of the molecule is CC(=O)Nc1cc2cc(F)ccc2cn1.CCC(CCC(=O)N1CCNCC1)N(C)C(=O)NCc1cccc(F)c1F. The number of fused-ring (bicyclic) bond motifs is 1. The predicted octanol–water partition coefficient (Wildman–Crippen LogP) is 4.43. The third-order valence-electron chi connectivity index (χ3n) is 6.95. The molecule has 3 aromatic rings. The quantitative estimate of drug-likeness (QED) is 0.362. The topological polar surface area (TPSA) is 107 Å². The normalized spacial score (nSPS) is 13.5. The van der Waals surface area contributed by atoms with Crippen LogP contribution in [-0.4, -0.2) is 71.9 Å². The molecule has 9 nitrogen and oxygen atoms in total. The van der Waals surface area contributed by atoms with Crippen LogP contribution in [-0.2, 0) is 16.1 Å². The van der Waals surface area contributed by atoms with Crippen LogP contribution < -0.4 is 16.0 Å². The highest BCUT2D eigenvalue weighted by Crippen LogP contribution is 2.18. The standard InChI is InChI=1S/C19H28F2N4O2.C11H9FN2O/c1-3-15(7-8-17(26)25-11-9-22-10-12-25)24(2)19(27)23-13-14-5-4-6-16(20)18(14)21;1-7(15)14-11-5-9-4-10(12)3-2-8(9)6-13-11/h4-6,15,22H,3,7-13H2,1-2H3,(H,23,27);2-6H,1H3,(H,13,14,15). The van der Waals surface area contributed by atoms with Crippen LogP contribution in [0, 0.1) is 17.5 Å². The molecule has 1 fully saturated rings. The number of halogens is 3. The second-order valence-corrected chi connectivity index (χ2v) is 9.96. The second kappa shape index (κ2) is 15.7. The smallest absolute Gasteiger partial charge is 0.317 e. The number of aromatic nitrogens is 1. The molecule has 1 aliphatic rings. The van der Waals surface area contributed by atoms with Gasteiger partial charge >= 0.3 is 6.03 Å². The molecular weight excluding hydrogens is 549 g/mol. The molecule has 0 radical (unpaired) electrons. The van der Waals surface area contributed by atoms with Crippen molar-refractivity contribution in [2.45, 2.75) is 45.7 Å². The van der Waals surface area contributed by atoms with Gasteiger partial charge in [-0.1, -0.05) is 19.1 Å². The van der Waals surface area contributed by atoms with E-state index >= 15 is 0 Å². The highest BCUT2D eigenvalue weighted by Gasteiger charge is 2.22. The average Bonchev–Trinajstić information content (AvgIpc) is 2.98. The summed E-state index contributed by atoms with van der Waals surface area (Å²) in [5.74, 6) is -1.85. The average molecular weight is 587 g/mol. The molecule has 1 aliphatic heterocycles. The summed E-state index contributed by atoms with van der Waals surface area (Å²) in [5, 5.41) is 9.92. The van der Waals surface area contributed by atoms with E-state index in [1.54, 1.807) is 25.4 Å². The number of pyridine rings is 1. The van der Waals surface area contributed by atoms with E-state index in [4.69, 9.17) is 0 Å². The molecule has 2 aromatic carbocycles. The lowest BCUT2D eigenvalue weighted by atomic mass is 10.1. The second-order valence-electron chi connectivity index (χ2n) is 9.96. The summed E-state index contributed by atoms with van der Waals surface area (Å²) in [5.41, 5.74) is 0.0960. The molecule has 1 unspecified atom stereocenters. The zero-order valence-corrected chi connectivity index (χ0v) is 24.1. The van der Waals surface area contributed by atoms with Gasteiger partial charge in [-0.25, -0.2) is 22.9 Å². The Hall–Kier alpha value is -4.19. The van der Waals surface area contributed by atoms with E-state index in [9.17, 15) is 27.6 Å². The molecular formula is C30H37F3N6O3. The molecule has 1 saturated heterocycles. The fraction of sp³-hybridized carbons (Fsp3) is 0.400. The van der Waals surface area contributed by atoms with Crippen molar-refractivity contribution in [3.8, 4) is 0 Å². The van der Waals surface area contributed by atoms with Gasteiger partial charge in [-0.2, -0.15) is 0 Å². The number of nitrogens with one attached hydrogen (secondary N) is 3. The number of carbonyl (C=O) groups is 3. The number of amides is 4. The summed E-state index contributed by atoms with van der Waals surface area (Å²) in [6, 6.07) is 9.46. The Labute approximate surface area is 243 Å². The van der Waals surface area contributed by atoms with E-state index < -0.39 is 11.6 Å². The zero-order chi connectivity index (χ0) is 30.6. The molecule has 1 atom stereocenters. The molecule has 0 saturated carbocycles. The van der Waals surface area contributed by atoms with Crippen molar-refractivity contribution in [1.29, 1.82) is 0 Å². The maximum Gasteiger partial charge on any atom is 0.317 e. The summed E-state index contributed by atoms with van der Waals surface area (Å²) in [6.07, 6.45) is 3.25. The number of benzene rings is 2. The van der Waals surface area contributed by atoms with E-state index in [0.717, 1.165) is 24.5 Å². The van der Waals surface area contributed by atoms with Crippen molar-refractivity contribution >= 4 is 34.4 Å². The number of anilines is 1. The van der Waals surface area contributed by atoms with Gasteiger partial charge in [-0.3, -0.25) is 9.59 Å². The number of hydrogen-bond donors (Lipinski definition) is 3. The number of hydrogen-bond acceptors (Lipinski definition) is 5.